The van der Waals surface area contributed by atoms with Crippen molar-refractivity contribution in [2.75, 3.05) is 5.32 Å². The highest BCUT2D eigenvalue weighted by molar-refractivity contribution is 6.06. The van der Waals surface area contributed by atoms with Crippen LogP contribution in [0.4, 0.5) is 17.2 Å². The number of anilines is 1. The first kappa shape index (κ1) is 22.0. The second-order valence-corrected chi connectivity index (χ2v) is 7.35. The topological polar surface area (TPSA) is 170 Å². The molecule has 0 saturated heterocycles. The second kappa shape index (κ2) is 8.40. The number of benzene rings is 2. The number of aryl methyl sites for hydroxylation is 1. The van der Waals surface area contributed by atoms with Gasteiger partial charge in [0.15, 0.2) is 11.6 Å². The van der Waals surface area contributed by atoms with E-state index in [1.807, 2.05) is 37.3 Å². The van der Waals surface area contributed by atoms with E-state index in [2.05, 4.69) is 15.4 Å². The number of hydrogen-bond acceptors (Lipinski definition) is 8. The summed E-state index contributed by atoms with van der Waals surface area (Å²) in [5.74, 6) is -0.571. The van der Waals surface area contributed by atoms with Gasteiger partial charge in [-0.2, -0.15) is 15.0 Å². The van der Waals surface area contributed by atoms with Crippen molar-refractivity contribution in [3.05, 3.63) is 91.1 Å². The van der Waals surface area contributed by atoms with Crippen LogP contribution < -0.4 is 5.32 Å². The van der Waals surface area contributed by atoms with Gasteiger partial charge in [0.25, 0.3) is 17.3 Å². The number of para-hydroxylation sites is 1. The Balaban J connectivity index is 1.82. The minimum absolute atomic E-state index is 0.0125. The number of non-ortho nitro benzene ring substituents is 1. The number of nitriles is 1. The van der Waals surface area contributed by atoms with E-state index in [-0.39, 0.29) is 22.5 Å². The van der Waals surface area contributed by atoms with Gasteiger partial charge in [-0.25, -0.2) is 4.98 Å². The van der Waals surface area contributed by atoms with Crippen molar-refractivity contribution < 1.29 is 14.6 Å². The number of pyridine rings is 1. The molecule has 0 unspecified atom stereocenters. The fourth-order valence-corrected chi connectivity index (χ4v) is 3.55. The molecule has 4 aromatic rings. The summed E-state index contributed by atoms with van der Waals surface area (Å²) in [6, 6.07) is 12.8. The van der Waals surface area contributed by atoms with Crippen LogP contribution in [0.2, 0.25) is 0 Å². The number of amides is 1. The molecule has 0 aliphatic carbocycles. The van der Waals surface area contributed by atoms with E-state index in [0.717, 1.165) is 23.1 Å². The summed E-state index contributed by atoms with van der Waals surface area (Å²) in [7, 11) is 0. The molecule has 0 spiro atoms. The van der Waals surface area contributed by atoms with Crippen LogP contribution in [0.3, 0.4) is 0 Å². The molecule has 12 nitrogen and oxygen atoms in total. The van der Waals surface area contributed by atoms with Crippen LogP contribution >= 0.6 is 0 Å². The zero-order valence-electron chi connectivity index (χ0n) is 17.8. The lowest BCUT2D eigenvalue weighted by Gasteiger charge is -2.12. The molecule has 12 heteroatoms. The summed E-state index contributed by atoms with van der Waals surface area (Å²) in [6.45, 7) is 3.19. The summed E-state index contributed by atoms with van der Waals surface area (Å²) in [5, 5.41) is 39.7. The largest absolute Gasteiger partial charge is 0.305 e. The predicted molar refractivity (Wildman–Crippen MR) is 121 cm³/mol. The molecule has 1 amide bonds. The van der Waals surface area contributed by atoms with Crippen molar-refractivity contribution >= 4 is 34.0 Å². The first-order valence-electron chi connectivity index (χ1n) is 9.81. The van der Waals surface area contributed by atoms with Gasteiger partial charge < -0.3 is 5.32 Å². The lowest BCUT2D eigenvalue weighted by molar-refractivity contribution is -0.394. The molecule has 0 radical (unpaired) electrons. The Hall–Kier alpha value is -5.18. The van der Waals surface area contributed by atoms with E-state index < -0.39 is 27.1 Å². The van der Waals surface area contributed by atoms with Gasteiger partial charge in [0.2, 0.25) is 0 Å². The van der Waals surface area contributed by atoms with E-state index in [4.69, 9.17) is 0 Å². The quantitative estimate of drug-likeness (QED) is 0.346. The summed E-state index contributed by atoms with van der Waals surface area (Å²) < 4.78 is 1.26. The molecule has 2 aromatic carbocycles. The van der Waals surface area contributed by atoms with Crippen molar-refractivity contribution in [2.45, 2.75) is 13.8 Å². The highest BCUT2D eigenvalue weighted by atomic mass is 16.6. The first-order valence-corrected chi connectivity index (χ1v) is 9.81. The Bertz CT molecular complexity index is 1550. The third-order valence-electron chi connectivity index (χ3n) is 5.27. The van der Waals surface area contributed by atoms with E-state index in [0.29, 0.717) is 11.3 Å². The number of nitro benzene ring substituents is 2. The average molecular weight is 457 g/mol. The van der Waals surface area contributed by atoms with Gasteiger partial charge in [-0.05, 0) is 31.5 Å². The molecule has 0 atom stereocenters. The number of nitrogens with zero attached hydrogens (tertiary/aromatic N) is 6. The predicted octanol–water partition coefficient (Wildman–Crippen LogP) is 3.98. The zero-order chi connectivity index (χ0) is 24.6. The molecule has 0 saturated carbocycles. The third kappa shape index (κ3) is 3.78. The third-order valence-corrected chi connectivity index (χ3v) is 5.27. The Morgan fingerprint density at radius 1 is 1.12 bits per heavy atom. The van der Waals surface area contributed by atoms with Crippen LogP contribution in [-0.4, -0.2) is 30.5 Å². The number of carbonyl (C=O) groups excluding carboxylic acids is 1. The lowest BCUT2D eigenvalue weighted by atomic mass is 10.0. The molecule has 2 aromatic heterocycles. The second-order valence-electron chi connectivity index (χ2n) is 7.35. The van der Waals surface area contributed by atoms with Gasteiger partial charge in [-0.3, -0.25) is 25.0 Å². The number of rotatable bonds is 5. The lowest BCUT2D eigenvalue weighted by Crippen LogP contribution is -2.18. The van der Waals surface area contributed by atoms with Gasteiger partial charge in [0, 0.05) is 17.0 Å². The number of nitro groups is 2. The molecule has 168 valence electrons. The normalized spacial score (nSPS) is 10.6. The molecule has 4 rings (SSSR count). The Labute approximate surface area is 191 Å². The fourth-order valence-electron chi connectivity index (χ4n) is 3.55. The average Bonchev–Trinajstić information content (AvgIpc) is 3.21. The summed E-state index contributed by atoms with van der Waals surface area (Å²) in [5.41, 5.74) is 0.0607. The summed E-state index contributed by atoms with van der Waals surface area (Å²) in [4.78, 5) is 38.6. The highest BCUT2D eigenvalue weighted by Crippen LogP contribution is 2.29. The molecular weight excluding hydrogens is 442 g/mol. The van der Waals surface area contributed by atoms with Gasteiger partial charge in [0.1, 0.15) is 11.6 Å². The van der Waals surface area contributed by atoms with E-state index >= 15 is 0 Å². The van der Waals surface area contributed by atoms with Gasteiger partial charge in [-0.15, -0.1) is 0 Å². The number of nitrogens with one attached hydrogen (secondary N) is 1. The van der Waals surface area contributed by atoms with Crippen LogP contribution in [0.5, 0.6) is 0 Å². The Morgan fingerprint density at radius 3 is 2.53 bits per heavy atom. The molecule has 1 N–H and O–H groups in total. The van der Waals surface area contributed by atoms with Crippen LogP contribution in [0, 0.1) is 45.4 Å². The molecule has 2 heterocycles. The number of fused-ring (bicyclic) bond motifs is 1. The van der Waals surface area contributed by atoms with Crippen molar-refractivity contribution in [3.63, 3.8) is 0 Å². The molecular formula is C22H15N7O5. The van der Waals surface area contributed by atoms with Gasteiger partial charge in [-0.1, -0.05) is 18.2 Å². The monoisotopic (exact) mass is 457 g/mol. The standard InChI is InChI=1S/C22H15N7O5/c1-12-7-20(25-18-6-4-3-5-16(12)18)27-21(14(10-23)11-24-27)26-22(30)17-8-15(28(31)32)9-19(13(17)2)29(33)34/h3-9,11H,1-2H3,(H,26,30). The van der Waals surface area contributed by atoms with E-state index in [1.54, 1.807) is 6.07 Å². The Morgan fingerprint density at radius 2 is 1.85 bits per heavy atom. The summed E-state index contributed by atoms with van der Waals surface area (Å²) in [6.07, 6.45) is 1.24. The van der Waals surface area contributed by atoms with Crippen LogP contribution in [0.25, 0.3) is 16.7 Å². The number of hydrogen-bond donors (Lipinski definition) is 1. The van der Waals surface area contributed by atoms with Crippen molar-refractivity contribution in [3.8, 4) is 11.9 Å². The van der Waals surface area contributed by atoms with Crippen molar-refractivity contribution in [1.29, 1.82) is 5.26 Å². The van der Waals surface area contributed by atoms with Gasteiger partial charge in [0.05, 0.1) is 33.2 Å². The van der Waals surface area contributed by atoms with Crippen molar-refractivity contribution in [1.82, 2.24) is 14.8 Å². The smallest absolute Gasteiger partial charge is 0.279 e. The number of aromatic nitrogens is 3. The van der Waals surface area contributed by atoms with Gasteiger partial charge >= 0.3 is 0 Å². The fraction of sp³-hybridized carbons (Fsp3) is 0.0909. The van der Waals surface area contributed by atoms with Crippen LogP contribution in [-0.2, 0) is 0 Å². The maximum atomic E-state index is 13.1. The maximum Gasteiger partial charge on any atom is 0.279 e. The first-order chi connectivity index (χ1) is 16.2. The molecule has 0 bridgehead atoms. The Kier molecular flexibility index (Phi) is 5.44. The molecule has 34 heavy (non-hydrogen) atoms. The molecule has 0 aliphatic heterocycles. The van der Waals surface area contributed by atoms with Crippen LogP contribution in [0.1, 0.15) is 27.0 Å². The van der Waals surface area contributed by atoms with E-state index in [1.165, 1.54) is 17.8 Å². The minimum atomic E-state index is -0.875. The maximum absolute atomic E-state index is 13.1. The minimum Gasteiger partial charge on any atom is -0.305 e. The van der Waals surface area contributed by atoms with Crippen LogP contribution in [0.15, 0.2) is 48.7 Å². The molecule has 0 fully saturated rings. The SMILES string of the molecule is Cc1c(C(=O)Nc2c(C#N)cnn2-c2cc(C)c3ccccc3n2)cc([N+](=O)[O-])cc1[N+](=O)[O-]. The van der Waals surface area contributed by atoms with E-state index in [9.17, 15) is 30.3 Å². The summed E-state index contributed by atoms with van der Waals surface area (Å²) >= 11 is 0. The highest BCUT2D eigenvalue weighted by Gasteiger charge is 2.26. The number of carbonyl (C=O) groups is 1. The van der Waals surface area contributed by atoms with Crippen molar-refractivity contribution in [2.24, 2.45) is 0 Å². The molecule has 0 aliphatic rings. The zero-order valence-corrected chi connectivity index (χ0v) is 17.8.